The van der Waals surface area contributed by atoms with E-state index in [2.05, 4.69) is 0 Å². The molecular formula is C17H24F2O2. The third-order valence-electron chi connectivity index (χ3n) is 2.76. The first kappa shape index (κ1) is 19.3. The molecule has 0 spiro atoms. The summed E-state index contributed by atoms with van der Waals surface area (Å²) in [6.45, 7) is 8.61. The maximum absolute atomic E-state index is 14.1. The van der Waals surface area contributed by atoms with E-state index < -0.39 is 11.8 Å². The molecule has 0 amide bonds. The first-order valence-corrected chi connectivity index (χ1v) is 7.25. The third-order valence-corrected chi connectivity index (χ3v) is 2.76. The number of carbonyl (C=O) groups excluding carboxylic acids is 1. The van der Waals surface area contributed by atoms with Crippen LogP contribution in [0.25, 0.3) is 0 Å². The van der Waals surface area contributed by atoms with Crippen molar-refractivity contribution < 1.29 is 18.3 Å². The van der Waals surface area contributed by atoms with Crippen LogP contribution in [-0.2, 0) is 9.53 Å². The molecule has 118 valence electrons. The summed E-state index contributed by atoms with van der Waals surface area (Å²) in [7, 11) is 0. The lowest BCUT2D eigenvalue weighted by Crippen LogP contribution is -1.98. The minimum Gasteiger partial charge on any atom is -0.431 e. The summed E-state index contributed by atoms with van der Waals surface area (Å²) in [5, 5.41) is 0. The number of carbonyl (C=O) groups is 1. The quantitative estimate of drug-likeness (QED) is 0.379. The summed E-state index contributed by atoms with van der Waals surface area (Å²) in [5.41, 5.74) is 1.31. The second-order valence-electron chi connectivity index (χ2n) is 4.33. The van der Waals surface area contributed by atoms with E-state index in [1.807, 2.05) is 20.8 Å². The third kappa shape index (κ3) is 7.02. The molecule has 0 aromatic heterocycles. The van der Waals surface area contributed by atoms with Crippen molar-refractivity contribution in [3.63, 3.8) is 0 Å². The fourth-order valence-electron chi connectivity index (χ4n) is 1.93. The van der Waals surface area contributed by atoms with Crippen LogP contribution >= 0.6 is 0 Å². The minimum atomic E-state index is -0.485. The number of esters is 1. The van der Waals surface area contributed by atoms with Crippen LogP contribution < -0.4 is 0 Å². The number of hydrogen-bond donors (Lipinski definition) is 0. The normalized spacial score (nSPS) is 16.0. The van der Waals surface area contributed by atoms with Crippen molar-refractivity contribution in [2.24, 2.45) is 0 Å². The second-order valence-corrected chi connectivity index (χ2v) is 4.33. The van der Waals surface area contributed by atoms with E-state index in [1.165, 1.54) is 26.0 Å². The maximum Gasteiger partial charge on any atom is 0.307 e. The van der Waals surface area contributed by atoms with Crippen molar-refractivity contribution in [1.82, 2.24) is 0 Å². The Bertz CT molecular complexity index is 483. The molecule has 21 heavy (non-hydrogen) atoms. The van der Waals surface area contributed by atoms with Crippen molar-refractivity contribution in [2.75, 3.05) is 0 Å². The van der Waals surface area contributed by atoms with Crippen molar-refractivity contribution in [3.8, 4) is 0 Å². The van der Waals surface area contributed by atoms with Gasteiger partial charge in [-0.25, -0.2) is 8.78 Å². The Morgan fingerprint density at radius 1 is 1.29 bits per heavy atom. The smallest absolute Gasteiger partial charge is 0.307 e. The van der Waals surface area contributed by atoms with Gasteiger partial charge in [-0.05, 0) is 37.0 Å². The van der Waals surface area contributed by atoms with Crippen LogP contribution in [0.5, 0.6) is 0 Å². The minimum absolute atomic E-state index is 0.189. The zero-order valence-electron chi connectivity index (χ0n) is 13.4. The molecule has 4 heteroatoms. The molecule has 0 unspecified atom stereocenters. The van der Waals surface area contributed by atoms with Crippen LogP contribution in [0.4, 0.5) is 8.78 Å². The highest BCUT2D eigenvalue weighted by atomic mass is 19.1. The van der Waals surface area contributed by atoms with E-state index >= 15 is 0 Å². The molecule has 0 heterocycles. The van der Waals surface area contributed by atoms with Gasteiger partial charge in [0.1, 0.15) is 17.4 Å². The Morgan fingerprint density at radius 3 is 2.33 bits per heavy atom. The number of ether oxygens (including phenoxy) is 1. The lowest BCUT2D eigenvalue weighted by Gasteiger charge is -2.13. The monoisotopic (exact) mass is 298 g/mol. The average Bonchev–Trinajstić information content (AvgIpc) is 2.43. The van der Waals surface area contributed by atoms with Crippen molar-refractivity contribution >= 4 is 5.97 Å². The van der Waals surface area contributed by atoms with E-state index in [-0.39, 0.29) is 11.6 Å². The van der Waals surface area contributed by atoms with E-state index in [0.29, 0.717) is 24.8 Å². The van der Waals surface area contributed by atoms with E-state index in [9.17, 15) is 13.6 Å². The average molecular weight is 298 g/mol. The SMILES string of the molecule is CC.CC/C(C1=CC=C(F)CC1)=C(F)\C=C(/C)OC(C)=O. The molecule has 0 N–H and O–H groups in total. The molecule has 0 bridgehead atoms. The van der Waals surface area contributed by atoms with Gasteiger partial charge in [-0.1, -0.05) is 26.8 Å². The van der Waals surface area contributed by atoms with Gasteiger partial charge in [0.2, 0.25) is 0 Å². The Balaban J connectivity index is 0.00000191. The number of hydrogen-bond acceptors (Lipinski definition) is 2. The summed E-state index contributed by atoms with van der Waals surface area (Å²) in [4.78, 5) is 10.8. The zero-order chi connectivity index (χ0) is 16.4. The Kier molecular flexibility index (Phi) is 9.26. The molecule has 1 rings (SSSR count). The maximum atomic E-state index is 14.1. The predicted molar refractivity (Wildman–Crippen MR) is 81.8 cm³/mol. The van der Waals surface area contributed by atoms with Crippen LogP contribution in [0.1, 0.15) is 53.9 Å². The molecule has 0 atom stereocenters. The van der Waals surface area contributed by atoms with E-state index in [0.717, 1.165) is 5.57 Å². The molecule has 0 saturated carbocycles. The first-order valence-electron chi connectivity index (χ1n) is 7.25. The molecule has 1 aliphatic carbocycles. The number of allylic oxidation sites excluding steroid dienone is 8. The fraction of sp³-hybridized carbons (Fsp3) is 0.471. The van der Waals surface area contributed by atoms with Crippen LogP contribution in [-0.4, -0.2) is 5.97 Å². The second kappa shape index (κ2) is 10.1. The van der Waals surface area contributed by atoms with Gasteiger partial charge in [0.25, 0.3) is 0 Å². The van der Waals surface area contributed by atoms with Gasteiger partial charge < -0.3 is 4.74 Å². The molecular weight excluding hydrogens is 274 g/mol. The zero-order valence-corrected chi connectivity index (χ0v) is 13.4. The number of halogens is 2. The molecule has 0 aromatic carbocycles. The lowest BCUT2D eigenvalue weighted by molar-refractivity contribution is -0.136. The van der Waals surface area contributed by atoms with Crippen LogP contribution in [0.15, 0.2) is 46.8 Å². The van der Waals surface area contributed by atoms with E-state index in [4.69, 9.17) is 4.74 Å². The Morgan fingerprint density at radius 2 is 1.90 bits per heavy atom. The summed E-state index contributed by atoms with van der Waals surface area (Å²) < 4.78 is 31.8. The summed E-state index contributed by atoms with van der Waals surface area (Å²) in [6.07, 6.45) is 5.44. The van der Waals surface area contributed by atoms with Crippen LogP contribution in [0.2, 0.25) is 0 Å². The van der Waals surface area contributed by atoms with Gasteiger partial charge in [-0.3, -0.25) is 4.79 Å². The summed E-state index contributed by atoms with van der Waals surface area (Å²) in [6, 6.07) is 0. The summed E-state index contributed by atoms with van der Waals surface area (Å²) >= 11 is 0. The number of rotatable bonds is 4. The van der Waals surface area contributed by atoms with Crippen LogP contribution in [0.3, 0.4) is 0 Å². The Labute approximate surface area is 125 Å². The molecule has 1 aliphatic rings. The molecule has 0 aromatic rings. The molecule has 0 fully saturated rings. The molecule has 2 nitrogen and oxygen atoms in total. The largest absolute Gasteiger partial charge is 0.431 e. The molecule has 0 saturated heterocycles. The van der Waals surface area contributed by atoms with Gasteiger partial charge in [-0.15, -0.1) is 0 Å². The molecule has 0 radical (unpaired) electrons. The highest BCUT2D eigenvalue weighted by Crippen LogP contribution is 2.29. The highest BCUT2D eigenvalue weighted by molar-refractivity contribution is 5.67. The Hall–Kier alpha value is -1.71. The first-order chi connectivity index (χ1) is 9.93. The molecule has 0 aliphatic heterocycles. The van der Waals surface area contributed by atoms with Gasteiger partial charge in [0.15, 0.2) is 0 Å². The van der Waals surface area contributed by atoms with Gasteiger partial charge in [0, 0.05) is 19.4 Å². The van der Waals surface area contributed by atoms with E-state index in [1.54, 1.807) is 6.08 Å². The van der Waals surface area contributed by atoms with Crippen molar-refractivity contribution in [2.45, 2.75) is 53.9 Å². The van der Waals surface area contributed by atoms with Crippen molar-refractivity contribution in [3.05, 3.63) is 46.8 Å². The summed E-state index contributed by atoms with van der Waals surface area (Å²) in [5.74, 6) is -0.912. The highest BCUT2D eigenvalue weighted by Gasteiger charge is 2.13. The van der Waals surface area contributed by atoms with Gasteiger partial charge in [0.05, 0.1) is 0 Å². The van der Waals surface area contributed by atoms with Gasteiger partial charge in [-0.2, -0.15) is 0 Å². The topological polar surface area (TPSA) is 26.3 Å². The lowest BCUT2D eigenvalue weighted by atomic mass is 9.94. The standard InChI is InChI=1S/C15H18F2O2.C2H6/c1-4-14(12-5-7-13(16)8-6-12)15(17)9-10(2)19-11(3)18;1-2/h5,7,9H,4,6,8H2,1-3H3;1-2H3/b10-9+,15-14-;. The van der Waals surface area contributed by atoms with Gasteiger partial charge >= 0.3 is 5.97 Å². The van der Waals surface area contributed by atoms with Crippen LogP contribution in [0, 0.1) is 0 Å². The van der Waals surface area contributed by atoms with Crippen molar-refractivity contribution in [1.29, 1.82) is 0 Å². The fourth-order valence-corrected chi connectivity index (χ4v) is 1.93. The predicted octanol–water partition coefficient (Wildman–Crippen LogP) is 5.69.